The molecule has 3 rings (SSSR count). The van der Waals surface area contributed by atoms with Gasteiger partial charge in [-0.05, 0) is 36.2 Å². The summed E-state index contributed by atoms with van der Waals surface area (Å²) in [6.07, 6.45) is 3.06. The monoisotopic (exact) mass is 250 g/mol. The molecule has 0 bridgehead atoms. The van der Waals surface area contributed by atoms with E-state index in [-0.39, 0.29) is 0 Å². The van der Waals surface area contributed by atoms with Crippen LogP contribution in [0.4, 0.5) is 0 Å². The Labute approximate surface area is 113 Å². The van der Waals surface area contributed by atoms with Gasteiger partial charge in [0.25, 0.3) is 0 Å². The van der Waals surface area contributed by atoms with Crippen molar-refractivity contribution in [2.45, 2.75) is 13.0 Å². The number of nitrogens with one attached hydrogen (secondary N) is 2. The van der Waals surface area contributed by atoms with Gasteiger partial charge in [-0.1, -0.05) is 42.5 Å². The third-order valence-electron chi connectivity index (χ3n) is 3.43. The summed E-state index contributed by atoms with van der Waals surface area (Å²) in [5.41, 5.74) is 3.96. The van der Waals surface area contributed by atoms with Crippen molar-refractivity contribution in [3.8, 4) is 0 Å². The summed E-state index contributed by atoms with van der Waals surface area (Å²) in [5, 5.41) is 4.83. The third kappa shape index (κ3) is 2.85. The molecule has 2 aromatic carbocycles. The Kier molecular flexibility index (Phi) is 3.61. The summed E-state index contributed by atoms with van der Waals surface area (Å²) in [6.45, 7) is 1.93. The Morgan fingerprint density at radius 3 is 2.68 bits per heavy atom. The zero-order chi connectivity index (χ0) is 12.9. The predicted octanol–water partition coefficient (Wildman–Crippen LogP) is 3.50. The van der Waals surface area contributed by atoms with Crippen LogP contribution in [0.3, 0.4) is 0 Å². The first-order chi connectivity index (χ1) is 9.43. The second-order valence-electron chi connectivity index (χ2n) is 4.77. The zero-order valence-corrected chi connectivity index (χ0v) is 10.9. The summed E-state index contributed by atoms with van der Waals surface area (Å²) in [6, 6.07) is 19.1. The molecule has 0 radical (unpaired) electrons. The van der Waals surface area contributed by atoms with Crippen LogP contribution in [0, 0.1) is 0 Å². The first-order valence-corrected chi connectivity index (χ1v) is 6.73. The van der Waals surface area contributed by atoms with E-state index in [0.717, 1.165) is 19.5 Å². The summed E-state index contributed by atoms with van der Waals surface area (Å²) < 4.78 is 0. The highest BCUT2D eigenvalue weighted by molar-refractivity contribution is 5.82. The van der Waals surface area contributed by atoms with Crippen LogP contribution in [0.5, 0.6) is 0 Å². The highest BCUT2D eigenvalue weighted by Gasteiger charge is 2.00. The smallest absolute Gasteiger partial charge is 0.0456 e. The molecule has 1 aromatic heterocycles. The lowest BCUT2D eigenvalue weighted by Gasteiger charge is -2.06. The Morgan fingerprint density at radius 1 is 0.895 bits per heavy atom. The molecule has 0 unspecified atom stereocenters. The standard InChI is InChI=1S/C17H18N2/c1-2-5-14(6-3-1)13-18-11-9-15-7-4-8-17-16(15)10-12-19-17/h1-8,10,12,18-19H,9,11,13H2. The lowest BCUT2D eigenvalue weighted by atomic mass is 10.1. The number of hydrogen-bond donors (Lipinski definition) is 2. The number of aromatic nitrogens is 1. The second-order valence-corrected chi connectivity index (χ2v) is 4.77. The van der Waals surface area contributed by atoms with E-state index in [4.69, 9.17) is 0 Å². The number of aromatic amines is 1. The highest BCUT2D eigenvalue weighted by Crippen LogP contribution is 2.17. The fourth-order valence-electron chi connectivity index (χ4n) is 2.42. The normalized spacial score (nSPS) is 10.9. The van der Waals surface area contributed by atoms with Gasteiger partial charge >= 0.3 is 0 Å². The van der Waals surface area contributed by atoms with Gasteiger partial charge in [-0.2, -0.15) is 0 Å². The summed E-state index contributed by atoms with van der Waals surface area (Å²) in [5.74, 6) is 0. The van der Waals surface area contributed by atoms with Crippen LogP contribution in [0.25, 0.3) is 10.9 Å². The van der Waals surface area contributed by atoms with E-state index >= 15 is 0 Å². The molecule has 0 aliphatic heterocycles. The second kappa shape index (κ2) is 5.72. The molecule has 0 fully saturated rings. The quantitative estimate of drug-likeness (QED) is 0.666. The predicted molar refractivity (Wildman–Crippen MR) is 80.2 cm³/mol. The van der Waals surface area contributed by atoms with Gasteiger partial charge in [-0.25, -0.2) is 0 Å². The van der Waals surface area contributed by atoms with Crippen LogP contribution in [0.2, 0.25) is 0 Å². The molecule has 0 aliphatic rings. The third-order valence-corrected chi connectivity index (χ3v) is 3.43. The van der Waals surface area contributed by atoms with Crippen LogP contribution in [-0.4, -0.2) is 11.5 Å². The summed E-state index contributed by atoms with van der Waals surface area (Å²) in [7, 11) is 0. The van der Waals surface area contributed by atoms with Crippen molar-refractivity contribution in [1.29, 1.82) is 0 Å². The molecule has 1 heterocycles. The van der Waals surface area contributed by atoms with Gasteiger partial charge in [-0.3, -0.25) is 0 Å². The van der Waals surface area contributed by atoms with Gasteiger partial charge in [0.05, 0.1) is 0 Å². The average molecular weight is 250 g/mol. The molecule has 0 saturated carbocycles. The first kappa shape index (κ1) is 12.0. The number of fused-ring (bicyclic) bond motifs is 1. The fraction of sp³-hybridized carbons (Fsp3) is 0.176. The SMILES string of the molecule is c1ccc(CNCCc2cccc3[nH]ccc23)cc1. The van der Waals surface area contributed by atoms with Crippen LogP contribution in [0.15, 0.2) is 60.8 Å². The van der Waals surface area contributed by atoms with Gasteiger partial charge in [0.1, 0.15) is 0 Å². The minimum atomic E-state index is 0.934. The van der Waals surface area contributed by atoms with Crippen molar-refractivity contribution in [2.24, 2.45) is 0 Å². The Morgan fingerprint density at radius 2 is 1.79 bits per heavy atom. The van der Waals surface area contributed by atoms with Crippen molar-refractivity contribution >= 4 is 10.9 Å². The Hall–Kier alpha value is -2.06. The number of benzene rings is 2. The van der Waals surface area contributed by atoms with Crippen molar-refractivity contribution in [3.05, 3.63) is 71.9 Å². The van der Waals surface area contributed by atoms with Gasteiger partial charge in [-0.15, -0.1) is 0 Å². The average Bonchev–Trinajstić information content (AvgIpc) is 2.94. The molecule has 0 spiro atoms. The number of hydrogen-bond acceptors (Lipinski definition) is 1. The van der Waals surface area contributed by atoms with Crippen molar-refractivity contribution in [2.75, 3.05) is 6.54 Å². The van der Waals surface area contributed by atoms with Crippen LogP contribution >= 0.6 is 0 Å². The van der Waals surface area contributed by atoms with Gasteiger partial charge in [0.15, 0.2) is 0 Å². The Balaban J connectivity index is 1.57. The highest BCUT2D eigenvalue weighted by atomic mass is 14.8. The van der Waals surface area contributed by atoms with Gasteiger partial charge in [0, 0.05) is 23.6 Å². The van der Waals surface area contributed by atoms with Crippen LogP contribution in [-0.2, 0) is 13.0 Å². The maximum atomic E-state index is 3.50. The largest absolute Gasteiger partial charge is 0.361 e. The molecule has 0 aliphatic carbocycles. The molecule has 19 heavy (non-hydrogen) atoms. The fourth-order valence-corrected chi connectivity index (χ4v) is 2.42. The Bertz CT molecular complexity index is 640. The van der Waals surface area contributed by atoms with Crippen LogP contribution in [0.1, 0.15) is 11.1 Å². The molecular formula is C17H18N2. The molecule has 0 atom stereocenters. The van der Waals surface area contributed by atoms with Crippen molar-refractivity contribution in [1.82, 2.24) is 10.3 Å². The maximum Gasteiger partial charge on any atom is 0.0456 e. The summed E-state index contributed by atoms with van der Waals surface area (Å²) in [4.78, 5) is 3.26. The zero-order valence-electron chi connectivity index (χ0n) is 10.9. The molecule has 2 heteroatoms. The van der Waals surface area contributed by atoms with E-state index in [9.17, 15) is 0 Å². The van der Waals surface area contributed by atoms with Gasteiger partial charge in [0.2, 0.25) is 0 Å². The van der Waals surface area contributed by atoms with E-state index in [2.05, 4.69) is 64.9 Å². The molecule has 3 aromatic rings. The van der Waals surface area contributed by atoms with E-state index < -0.39 is 0 Å². The van der Waals surface area contributed by atoms with E-state index in [1.807, 2.05) is 6.20 Å². The van der Waals surface area contributed by atoms with Gasteiger partial charge < -0.3 is 10.3 Å². The maximum absolute atomic E-state index is 3.50. The first-order valence-electron chi connectivity index (χ1n) is 6.73. The molecule has 2 nitrogen and oxygen atoms in total. The van der Waals surface area contributed by atoms with E-state index in [0.29, 0.717) is 0 Å². The van der Waals surface area contributed by atoms with Crippen LogP contribution < -0.4 is 5.32 Å². The molecule has 96 valence electrons. The van der Waals surface area contributed by atoms with Crippen molar-refractivity contribution < 1.29 is 0 Å². The molecule has 0 saturated heterocycles. The minimum absolute atomic E-state index is 0.934. The summed E-state index contributed by atoms with van der Waals surface area (Å²) >= 11 is 0. The lowest BCUT2D eigenvalue weighted by Crippen LogP contribution is -2.16. The number of H-pyrrole nitrogens is 1. The molecular weight excluding hydrogens is 232 g/mol. The van der Waals surface area contributed by atoms with E-state index in [1.165, 1.54) is 22.0 Å². The topological polar surface area (TPSA) is 27.8 Å². The number of rotatable bonds is 5. The van der Waals surface area contributed by atoms with Crippen molar-refractivity contribution in [3.63, 3.8) is 0 Å². The van der Waals surface area contributed by atoms with E-state index in [1.54, 1.807) is 0 Å². The molecule has 0 amide bonds. The lowest BCUT2D eigenvalue weighted by molar-refractivity contribution is 0.688. The minimum Gasteiger partial charge on any atom is -0.361 e. The molecule has 2 N–H and O–H groups in total.